The molecule has 0 bridgehead atoms. The lowest BCUT2D eigenvalue weighted by molar-refractivity contribution is -0.116. The minimum absolute atomic E-state index is 0.0299. The summed E-state index contributed by atoms with van der Waals surface area (Å²) in [6.45, 7) is 4.37. The standard InChI is InChI=1S/C15H19N3O2S/c1-10-8-12(16)5-6-13(10)17-14(19)4-3-7-18-11(2)9-21-15(18)20/h5-6,8-9H,3-4,7,16H2,1-2H3,(H,17,19). The molecule has 0 radical (unpaired) electrons. The Hall–Kier alpha value is -2.08. The maximum atomic E-state index is 11.9. The lowest BCUT2D eigenvalue weighted by atomic mass is 10.1. The fraction of sp³-hybridized carbons (Fsp3) is 0.333. The van der Waals surface area contributed by atoms with E-state index in [-0.39, 0.29) is 10.8 Å². The first kappa shape index (κ1) is 15.3. The van der Waals surface area contributed by atoms with Gasteiger partial charge in [-0.15, -0.1) is 0 Å². The van der Waals surface area contributed by atoms with Crippen LogP contribution in [0.3, 0.4) is 0 Å². The van der Waals surface area contributed by atoms with Gasteiger partial charge in [0.2, 0.25) is 5.91 Å². The van der Waals surface area contributed by atoms with Crippen LogP contribution in [0.2, 0.25) is 0 Å². The van der Waals surface area contributed by atoms with Crippen LogP contribution >= 0.6 is 11.3 Å². The van der Waals surface area contributed by atoms with E-state index in [1.165, 1.54) is 11.3 Å². The fourth-order valence-electron chi connectivity index (χ4n) is 2.11. The third-order valence-electron chi connectivity index (χ3n) is 3.29. The number of carbonyl (C=O) groups excluding carboxylic acids is 1. The molecule has 1 aromatic carbocycles. The van der Waals surface area contributed by atoms with Gasteiger partial charge < -0.3 is 15.6 Å². The first-order valence-electron chi connectivity index (χ1n) is 6.78. The number of nitrogens with zero attached hydrogens (tertiary/aromatic N) is 1. The topological polar surface area (TPSA) is 77.1 Å². The summed E-state index contributed by atoms with van der Waals surface area (Å²) in [5.74, 6) is -0.0520. The predicted molar refractivity (Wildman–Crippen MR) is 86.8 cm³/mol. The van der Waals surface area contributed by atoms with Crippen LogP contribution in [0.5, 0.6) is 0 Å². The van der Waals surface area contributed by atoms with Crippen molar-refractivity contribution in [3.8, 4) is 0 Å². The summed E-state index contributed by atoms with van der Waals surface area (Å²) < 4.78 is 1.70. The van der Waals surface area contributed by atoms with E-state index in [0.717, 1.165) is 16.9 Å². The Morgan fingerprint density at radius 1 is 1.38 bits per heavy atom. The molecule has 0 saturated carbocycles. The number of nitrogen functional groups attached to an aromatic ring is 1. The van der Waals surface area contributed by atoms with Gasteiger partial charge in [-0.05, 0) is 44.0 Å². The van der Waals surface area contributed by atoms with Crippen molar-refractivity contribution in [2.45, 2.75) is 33.2 Å². The number of nitrogens with one attached hydrogen (secondary N) is 1. The molecule has 112 valence electrons. The molecule has 5 nitrogen and oxygen atoms in total. The van der Waals surface area contributed by atoms with Gasteiger partial charge in [-0.2, -0.15) is 0 Å². The molecule has 0 spiro atoms. The van der Waals surface area contributed by atoms with Gasteiger partial charge >= 0.3 is 4.87 Å². The molecule has 0 aliphatic carbocycles. The van der Waals surface area contributed by atoms with Crippen LogP contribution in [-0.2, 0) is 11.3 Å². The molecule has 0 atom stereocenters. The van der Waals surface area contributed by atoms with Gasteiger partial charge in [-0.1, -0.05) is 11.3 Å². The Kier molecular flexibility index (Phi) is 4.80. The molecule has 0 fully saturated rings. The Morgan fingerprint density at radius 3 is 2.76 bits per heavy atom. The van der Waals surface area contributed by atoms with E-state index in [1.807, 2.05) is 25.3 Å². The van der Waals surface area contributed by atoms with E-state index < -0.39 is 0 Å². The summed E-state index contributed by atoms with van der Waals surface area (Å²) in [6.07, 6.45) is 1.02. The Labute approximate surface area is 127 Å². The van der Waals surface area contributed by atoms with Crippen LogP contribution in [-0.4, -0.2) is 10.5 Å². The number of rotatable bonds is 5. The number of carbonyl (C=O) groups is 1. The average Bonchev–Trinajstić information content (AvgIpc) is 2.74. The minimum Gasteiger partial charge on any atom is -0.399 e. The van der Waals surface area contributed by atoms with Gasteiger partial charge in [0.15, 0.2) is 0 Å². The van der Waals surface area contributed by atoms with Gasteiger partial charge in [0, 0.05) is 35.4 Å². The smallest absolute Gasteiger partial charge is 0.307 e. The number of benzene rings is 1. The van der Waals surface area contributed by atoms with Gasteiger partial charge in [0.25, 0.3) is 0 Å². The van der Waals surface area contributed by atoms with Gasteiger partial charge in [0.05, 0.1) is 0 Å². The number of amides is 1. The first-order valence-corrected chi connectivity index (χ1v) is 7.66. The van der Waals surface area contributed by atoms with E-state index in [4.69, 9.17) is 5.73 Å². The Bertz CT molecular complexity index is 703. The second-order valence-electron chi connectivity index (χ2n) is 5.02. The van der Waals surface area contributed by atoms with E-state index in [2.05, 4.69) is 5.32 Å². The molecule has 2 aromatic rings. The third-order valence-corrected chi connectivity index (χ3v) is 4.17. The lowest BCUT2D eigenvalue weighted by Crippen LogP contribution is -2.17. The molecule has 1 heterocycles. The number of nitrogens with two attached hydrogens (primary N) is 1. The Morgan fingerprint density at radius 2 is 2.14 bits per heavy atom. The summed E-state index contributed by atoms with van der Waals surface area (Å²) in [5, 5.41) is 4.70. The summed E-state index contributed by atoms with van der Waals surface area (Å²) >= 11 is 1.19. The minimum atomic E-state index is -0.0520. The van der Waals surface area contributed by atoms with Crippen molar-refractivity contribution in [2.24, 2.45) is 0 Å². The van der Waals surface area contributed by atoms with Crippen molar-refractivity contribution in [3.05, 3.63) is 44.5 Å². The number of aryl methyl sites for hydroxylation is 2. The summed E-state index contributed by atoms with van der Waals surface area (Å²) in [5.41, 5.74) is 9.01. The van der Waals surface area contributed by atoms with E-state index in [1.54, 1.807) is 16.7 Å². The van der Waals surface area contributed by atoms with Crippen molar-refractivity contribution in [1.82, 2.24) is 4.57 Å². The molecule has 0 aliphatic heterocycles. The third kappa shape index (κ3) is 3.95. The van der Waals surface area contributed by atoms with Crippen molar-refractivity contribution in [1.29, 1.82) is 0 Å². The molecule has 0 saturated heterocycles. The first-order chi connectivity index (χ1) is 9.97. The second-order valence-corrected chi connectivity index (χ2v) is 5.84. The van der Waals surface area contributed by atoms with Crippen LogP contribution in [0.4, 0.5) is 11.4 Å². The van der Waals surface area contributed by atoms with Crippen molar-refractivity contribution in [3.63, 3.8) is 0 Å². The number of hydrogen-bond donors (Lipinski definition) is 2. The normalized spacial score (nSPS) is 10.6. The van der Waals surface area contributed by atoms with Crippen LogP contribution in [0.15, 0.2) is 28.4 Å². The molecule has 21 heavy (non-hydrogen) atoms. The summed E-state index contributed by atoms with van der Waals surface area (Å²) in [6, 6.07) is 5.39. The molecule has 0 unspecified atom stereocenters. The zero-order valence-corrected chi connectivity index (χ0v) is 13.0. The highest BCUT2D eigenvalue weighted by molar-refractivity contribution is 7.07. The largest absolute Gasteiger partial charge is 0.399 e. The molecule has 2 rings (SSSR count). The average molecular weight is 305 g/mol. The highest BCUT2D eigenvalue weighted by Crippen LogP contribution is 2.18. The summed E-state index contributed by atoms with van der Waals surface area (Å²) in [4.78, 5) is 23.5. The summed E-state index contributed by atoms with van der Waals surface area (Å²) in [7, 11) is 0. The second kappa shape index (κ2) is 6.58. The number of aromatic nitrogens is 1. The fourth-order valence-corrected chi connectivity index (χ4v) is 2.87. The molecular weight excluding hydrogens is 286 g/mol. The maximum Gasteiger partial charge on any atom is 0.307 e. The molecule has 3 N–H and O–H groups in total. The molecule has 1 aromatic heterocycles. The van der Waals surface area contributed by atoms with E-state index in [0.29, 0.717) is 25.1 Å². The highest BCUT2D eigenvalue weighted by Gasteiger charge is 2.07. The quantitative estimate of drug-likeness (QED) is 0.833. The number of hydrogen-bond acceptors (Lipinski definition) is 4. The van der Waals surface area contributed by atoms with Gasteiger partial charge in [-0.3, -0.25) is 9.59 Å². The van der Waals surface area contributed by atoms with Crippen LogP contribution < -0.4 is 15.9 Å². The zero-order chi connectivity index (χ0) is 15.4. The molecular formula is C15H19N3O2S. The monoisotopic (exact) mass is 305 g/mol. The van der Waals surface area contributed by atoms with Crippen LogP contribution in [0, 0.1) is 13.8 Å². The van der Waals surface area contributed by atoms with Gasteiger partial charge in [0.1, 0.15) is 0 Å². The predicted octanol–water partition coefficient (Wildman–Crippen LogP) is 2.53. The van der Waals surface area contributed by atoms with Crippen LogP contribution in [0.25, 0.3) is 0 Å². The van der Waals surface area contributed by atoms with E-state index in [9.17, 15) is 9.59 Å². The van der Waals surface area contributed by atoms with E-state index >= 15 is 0 Å². The SMILES string of the molecule is Cc1cc(N)ccc1NC(=O)CCCn1c(C)csc1=O. The van der Waals surface area contributed by atoms with Crippen molar-refractivity contribution < 1.29 is 4.79 Å². The molecule has 0 aliphatic rings. The lowest BCUT2D eigenvalue weighted by Gasteiger charge is -2.09. The molecule has 6 heteroatoms. The van der Waals surface area contributed by atoms with Crippen molar-refractivity contribution in [2.75, 3.05) is 11.1 Å². The Balaban J connectivity index is 1.87. The van der Waals surface area contributed by atoms with Gasteiger partial charge in [-0.25, -0.2) is 0 Å². The number of thiazole rings is 1. The van der Waals surface area contributed by atoms with Crippen molar-refractivity contribution >= 4 is 28.6 Å². The molecule has 1 amide bonds. The highest BCUT2D eigenvalue weighted by atomic mass is 32.1. The maximum absolute atomic E-state index is 11.9. The number of anilines is 2. The zero-order valence-electron chi connectivity index (χ0n) is 12.2. The van der Waals surface area contributed by atoms with Crippen LogP contribution in [0.1, 0.15) is 24.1 Å².